The number of anilines is 1. The molecule has 24 heavy (non-hydrogen) atoms. The Kier molecular flexibility index (Phi) is 5.11. The molecule has 0 aliphatic rings. The van der Waals surface area contributed by atoms with Crippen molar-refractivity contribution < 1.29 is 13.2 Å². The van der Waals surface area contributed by atoms with Gasteiger partial charge in [-0.15, -0.1) is 0 Å². The third-order valence-corrected chi connectivity index (χ3v) is 5.81. The van der Waals surface area contributed by atoms with Gasteiger partial charge >= 0.3 is 0 Å². The Bertz CT molecular complexity index is 887. The maximum Gasteiger partial charge on any atom is 0.255 e. The van der Waals surface area contributed by atoms with Gasteiger partial charge in [-0.3, -0.25) is 4.79 Å². The first-order chi connectivity index (χ1) is 11.1. The van der Waals surface area contributed by atoms with E-state index < -0.39 is 10.0 Å². The summed E-state index contributed by atoms with van der Waals surface area (Å²) in [5, 5.41) is 2.83. The molecule has 0 radical (unpaired) electrons. The Morgan fingerprint density at radius 1 is 0.917 bits per heavy atom. The molecular weight excluding hydrogens is 324 g/mol. The maximum absolute atomic E-state index is 12.6. The molecule has 128 valence electrons. The molecule has 0 fully saturated rings. The molecule has 2 aromatic carbocycles. The fourth-order valence-electron chi connectivity index (χ4n) is 2.23. The van der Waals surface area contributed by atoms with Crippen molar-refractivity contribution in [2.24, 2.45) is 0 Å². The predicted molar refractivity (Wildman–Crippen MR) is 95.9 cm³/mol. The molecule has 2 aromatic rings. The zero-order valence-corrected chi connectivity index (χ0v) is 15.4. The predicted octanol–water partition coefficient (Wildman–Crippen LogP) is 3.11. The van der Waals surface area contributed by atoms with Crippen LogP contribution in [0, 0.1) is 20.8 Å². The Morgan fingerprint density at radius 2 is 1.54 bits per heavy atom. The molecule has 2 rings (SSSR count). The smallest absolute Gasteiger partial charge is 0.255 e. The van der Waals surface area contributed by atoms with Gasteiger partial charge in [0, 0.05) is 25.3 Å². The van der Waals surface area contributed by atoms with Crippen LogP contribution in [-0.2, 0) is 10.0 Å². The number of hydrogen-bond acceptors (Lipinski definition) is 3. The molecule has 0 atom stereocenters. The number of hydrogen-bond donors (Lipinski definition) is 1. The van der Waals surface area contributed by atoms with Crippen molar-refractivity contribution in [3.63, 3.8) is 0 Å². The average molecular weight is 346 g/mol. The van der Waals surface area contributed by atoms with E-state index in [1.54, 1.807) is 13.0 Å². The highest BCUT2D eigenvalue weighted by Crippen LogP contribution is 2.20. The van der Waals surface area contributed by atoms with Gasteiger partial charge in [-0.2, -0.15) is 0 Å². The number of sulfonamides is 1. The van der Waals surface area contributed by atoms with Gasteiger partial charge in [-0.05, 0) is 61.7 Å². The second-order valence-electron chi connectivity index (χ2n) is 6.02. The topological polar surface area (TPSA) is 66.5 Å². The molecule has 6 heteroatoms. The molecule has 0 heterocycles. The Morgan fingerprint density at radius 3 is 2.12 bits per heavy atom. The molecule has 1 N–H and O–H groups in total. The number of rotatable bonds is 4. The lowest BCUT2D eigenvalue weighted by atomic mass is 10.1. The van der Waals surface area contributed by atoms with Gasteiger partial charge in [-0.25, -0.2) is 12.7 Å². The van der Waals surface area contributed by atoms with Crippen LogP contribution in [0.4, 0.5) is 5.69 Å². The second kappa shape index (κ2) is 6.75. The van der Waals surface area contributed by atoms with Crippen molar-refractivity contribution in [3.05, 3.63) is 58.7 Å². The number of carbonyl (C=O) groups is 1. The number of amides is 1. The number of benzene rings is 2. The highest BCUT2D eigenvalue weighted by atomic mass is 32.2. The monoisotopic (exact) mass is 346 g/mol. The van der Waals surface area contributed by atoms with E-state index in [4.69, 9.17) is 0 Å². The molecule has 1 amide bonds. The van der Waals surface area contributed by atoms with Crippen LogP contribution in [0.5, 0.6) is 0 Å². The summed E-state index contributed by atoms with van der Waals surface area (Å²) in [6.45, 7) is 5.75. The average Bonchev–Trinajstić information content (AvgIpc) is 2.51. The largest absolute Gasteiger partial charge is 0.322 e. The number of nitrogens with one attached hydrogen (secondary N) is 1. The third kappa shape index (κ3) is 3.66. The van der Waals surface area contributed by atoms with Crippen LogP contribution in [0.25, 0.3) is 0 Å². The fourth-order valence-corrected chi connectivity index (χ4v) is 3.16. The molecular formula is C18H22N2O3S. The Hall–Kier alpha value is -2.18. The van der Waals surface area contributed by atoms with Crippen molar-refractivity contribution in [1.29, 1.82) is 0 Å². The molecule has 0 saturated heterocycles. The number of nitrogens with zero attached hydrogens (tertiary/aromatic N) is 1. The number of carbonyl (C=O) groups excluding carboxylic acids is 1. The minimum absolute atomic E-state index is 0.100. The molecule has 0 aromatic heterocycles. The first-order valence-electron chi connectivity index (χ1n) is 7.54. The van der Waals surface area contributed by atoms with Crippen LogP contribution >= 0.6 is 0 Å². The summed E-state index contributed by atoms with van der Waals surface area (Å²) in [5.41, 5.74) is 3.96. The van der Waals surface area contributed by atoms with Gasteiger partial charge in [0.2, 0.25) is 10.0 Å². The molecule has 0 bridgehead atoms. The highest BCUT2D eigenvalue weighted by molar-refractivity contribution is 7.89. The van der Waals surface area contributed by atoms with Crippen LogP contribution in [0.2, 0.25) is 0 Å². The summed E-state index contributed by atoms with van der Waals surface area (Å²) in [7, 11) is -0.657. The van der Waals surface area contributed by atoms with Crippen LogP contribution in [0.15, 0.2) is 41.3 Å². The van der Waals surface area contributed by atoms with Crippen LogP contribution in [-0.4, -0.2) is 32.7 Å². The molecule has 0 aliphatic heterocycles. The van der Waals surface area contributed by atoms with Crippen molar-refractivity contribution in [2.45, 2.75) is 25.7 Å². The normalized spacial score (nSPS) is 11.6. The lowest BCUT2D eigenvalue weighted by Gasteiger charge is -2.14. The van der Waals surface area contributed by atoms with E-state index in [1.165, 1.54) is 26.2 Å². The minimum atomic E-state index is -3.58. The van der Waals surface area contributed by atoms with Crippen molar-refractivity contribution in [1.82, 2.24) is 4.31 Å². The van der Waals surface area contributed by atoms with Gasteiger partial charge in [0.1, 0.15) is 0 Å². The SMILES string of the molecule is Cc1ccc(NC(=O)c2cc(S(=O)(=O)N(C)C)ccc2C)cc1C. The Labute approximate surface area is 143 Å². The molecule has 0 unspecified atom stereocenters. The Balaban J connectivity index is 2.37. The molecule has 0 saturated carbocycles. The van der Waals surface area contributed by atoms with Gasteiger partial charge in [0.05, 0.1) is 4.90 Å². The van der Waals surface area contributed by atoms with Gasteiger partial charge in [0.25, 0.3) is 5.91 Å². The summed E-state index contributed by atoms with van der Waals surface area (Å²) < 4.78 is 25.6. The van der Waals surface area contributed by atoms with Crippen molar-refractivity contribution >= 4 is 21.6 Å². The van der Waals surface area contributed by atoms with E-state index in [1.807, 2.05) is 32.0 Å². The summed E-state index contributed by atoms with van der Waals surface area (Å²) in [6.07, 6.45) is 0. The second-order valence-corrected chi connectivity index (χ2v) is 8.17. The van der Waals surface area contributed by atoms with Crippen LogP contribution in [0.1, 0.15) is 27.0 Å². The van der Waals surface area contributed by atoms with Crippen molar-refractivity contribution in [2.75, 3.05) is 19.4 Å². The van der Waals surface area contributed by atoms with Gasteiger partial charge < -0.3 is 5.32 Å². The van der Waals surface area contributed by atoms with Crippen LogP contribution in [0.3, 0.4) is 0 Å². The first-order valence-corrected chi connectivity index (χ1v) is 8.98. The standard InChI is InChI=1S/C18H22N2O3S/c1-12-6-8-15(10-14(12)3)19-18(21)17-11-16(9-7-13(17)2)24(22,23)20(4)5/h6-11H,1-5H3,(H,19,21). The zero-order chi connectivity index (χ0) is 18.1. The first kappa shape index (κ1) is 18.2. The summed E-state index contributed by atoms with van der Waals surface area (Å²) in [5.74, 6) is -0.327. The number of aryl methyl sites for hydroxylation is 3. The summed E-state index contributed by atoms with van der Waals surface area (Å²) in [4.78, 5) is 12.7. The molecule has 0 spiro atoms. The van der Waals surface area contributed by atoms with E-state index in [-0.39, 0.29) is 10.8 Å². The summed E-state index contributed by atoms with van der Waals surface area (Å²) >= 11 is 0. The molecule has 0 aliphatic carbocycles. The fraction of sp³-hybridized carbons (Fsp3) is 0.278. The highest BCUT2D eigenvalue weighted by Gasteiger charge is 2.20. The quantitative estimate of drug-likeness (QED) is 0.925. The lowest BCUT2D eigenvalue weighted by molar-refractivity contribution is 0.102. The molecule has 5 nitrogen and oxygen atoms in total. The van der Waals surface area contributed by atoms with E-state index in [2.05, 4.69) is 5.32 Å². The lowest BCUT2D eigenvalue weighted by Crippen LogP contribution is -2.23. The minimum Gasteiger partial charge on any atom is -0.322 e. The van der Waals surface area contributed by atoms with Gasteiger partial charge in [-0.1, -0.05) is 12.1 Å². The zero-order valence-electron chi connectivity index (χ0n) is 14.5. The third-order valence-electron chi connectivity index (χ3n) is 4.00. The maximum atomic E-state index is 12.6. The van der Waals surface area contributed by atoms with E-state index >= 15 is 0 Å². The summed E-state index contributed by atoms with van der Waals surface area (Å²) in [6, 6.07) is 10.2. The van der Waals surface area contributed by atoms with Gasteiger partial charge in [0.15, 0.2) is 0 Å². The van der Waals surface area contributed by atoms with Crippen molar-refractivity contribution in [3.8, 4) is 0 Å². The van der Waals surface area contributed by atoms with E-state index in [0.29, 0.717) is 16.8 Å². The van der Waals surface area contributed by atoms with E-state index in [0.717, 1.165) is 15.4 Å². The van der Waals surface area contributed by atoms with Crippen LogP contribution < -0.4 is 5.32 Å². The van der Waals surface area contributed by atoms with E-state index in [9.17, 15) is 13.2 Å².